The van der Waals surface area contributed by atoms with Gasteiger partial charge in [-0.25, -0.2) is 0 Å². The molecule has 2 aromatic carbocycles. The maximum Gasteiger partial charge on any atom is 0.225 e. The molecular formula is C29H29N3O2. The Morgan fingerprint density at radius 1 is 1.03 bits per heavy atom. The smallest absolute Gasteiger partial charge is 0.225 e. The van der Waals surface area contributed by atoms with E-state index in [-0.39, 0.29) is 17.1 Å². The fourth-order valence-corrected chi connectivity index (χ4v) is 6.13. The molecule has 1 aliphatic heterocycles. The van der Waals surface area contributed by atoms with Crippen LogP contribution in [0.15, 0.2) is 42.0 Å². The summed E-state index contributed by atoms with van der Waals surface area (Å²) in [5.74, 6) is 0.683. The highest BCUT2D eigenvalue weighted by atomic mass is 16.2. The average molecular weight is 452 g/mol. The van der Waals surface area contributed by atoms with Crippen LogP contribution in [0.3, 0.4) is 0 Å². The third kappa shape index (κ3) is 3.05. The van der Waals surface area contributed by atoms with E-state index in [1.807, 2.05) is 29.2 Å². The molecule has 34 heavy (non-hydrogen) atoms. The molecule has 172 valence electrons. The molecule has 5 nitrogen and oxygen atoms in total. The second-order valence-electron chi connectivity index (χ2n) is 10.6. The van der Waals surface area contributed by atoms with Gasteiger partial charge in [0.2, 0.25) is 5.91 Å². The van der Waals surface area contributed by atoms with Crippen LogP contribution in [0.1, 0.15) is 65.7 Å². The Bertz CT molecular complexity index is 1300. The molecule has 1 amide bonds. The third-order valence-corrected chi connectivity index (χ3v) is 8.49. The van der Waals surface area contributed by atoms with Gasteiger partial charge in [-0.05, 0) is 71.9 Å². The van der Waals surface area contributed by atoms with Gasteiger partial charge in [0.15, 0.2) is 5.78 Å². The summed E-state index contributed by atoms with van der Waals surface area (Å²) >= 11 is 0. The van der Waals surface area contributed by atoms with Crippen molar-refractivity contribution < 1.29 is 9.59 Å². The molecule has 4 aliphatic rings. The van der Waals surface area contributed by atoms with Crippen molar-refractivity contribution in [3.8, 4) is 6.07 Å². The maximum atomic E-state index is 13.6. The van der Waals surface area contributed by atoms with Crippen molar-refractivity contribution in [2.75, 3.05) is 31.1 Å². The summed E-state index contributed by atoms with van der Waals surface area (Å²) in [6, 6.07) is 14.2. The van der Waals surface area contributed by atoms with Crippen molar-refractivity contribution >= 4 is 23.0 Å². The molecule has 0 aromatic heterocycles. The number of nitrogens with zero attached hydrogens (tertiary/aromatic N) is 3. The van der Waals surface area contributed by atoms with Crippen molar-refractivity contribution in [3.63, 3.8) is 0 Å². The first-order chi connectivity index (χ1) is 16.4. The fourth-order valence-electron chi connectivity index (χ4n) is 6.13. The molecule has 0 spiro atoms. The highest BCUT2D eigenvalue weighted by molar-refractivity contribution is 6.33. The summed E-state index contributed by atoms with van der Waals surface area (Å²) in [4.78, 5) is 30.6. The number of anilines is 1. The lowest BCUT2D eigenvalue weighted by molar-refractivity contribution is -0.138. The number of carbonyl (C=O) groups is 2. The maximum absolute atomic E-state index is 13.6. The molecule has 1 saturated carbocycles. The Kier molecular flexibility index (Phi) is 4.71. The fraction of sp³-hybridized carbons (Fsp3) is 0.414. The van der Waals surface area contributed by atoms with E-state index in [4.69, 9.17) is 0 Å². The van der Waals surface area contributed by atoms with E-state index in [0.717, 1.165) is 78.1 Å². The molecule has 1 heterocycles. The van der Waals surface area contributed by atoms with Crippen LogP contribution in [-0.2, 0) is 16.6 Å². The standard InChI is InChI=1S/C29H29N3O2/c1-29(2)24-16-21(31-10-12-32(13-11-31)28(34)19-4-3-5-19)7-9-23(24)27(33)26-22-8-6-18(17-30)14-20(22)15-25(26)29/h6-9,14,16,19H,3-5,10-13,15H2,1-2H3. The zero-order valence-corrected chi connectivity index (χ0v) is 19.9. The van der Waals surface area contributed by atoms with Crippen molar-refractivity contribution in [1.29, 1.82) is 5.26 Å². The Morgan fingerprint density at radius 2 is 1.76 bits per heavy atom. The number of ketones is 1. The van der Waals surface area contributed by atoms with E-state index < -0.39 is 0 Å². The first kappa shape index (κ1) is 21.2. The third-order valence-electron chi connectivity index (χ3n) is 8.49. The van der Waals surface area contributed by atoms with E-state index in [9.17, 15) is 14.9 Å². The Balaban J connectivity index is 1.28. The first-order valence-electron chi connectivity index (χ1n) is 12.4. The van der Waals surface area contributed by atoms with Crippen LogP contribution in [0.5, 0.6) is 0 Å². The monoisotopic (exact) mass is 451 g/mol. The number of hydrogen-bond acceptors (Lipinski definition) is 4. The normalized spacial score (nSPS) is 20.9. The van der Waals surface area contributed by atoms with Gasteiger partial charge in [0.05, 0.1) is 11.6 Å². The second kappa shape index (κ2) is 7.56. The summed E-state index contributed by atoms with van der Waals surface area (Å²) in [6.45, 7) is 7.60. The van der Waals surface area contributed by atoms with Gasteiger partial charge in [-0.3, -0.25) is 9.59 Å². The minimum absolute atomic E-state index is 0.0928. The molecule has 3 aliphatic carbocycles. The molecule has 5 heteroatoms. The van der Waals surface area contributed by atoms with Crippen LogP contribution in [0, 0.1) is 17.2 Å². The average Bonchev–Trinajstić information content (AvgIpc) is 3.21. The van der Waals surface area contributed by atoms with Crippen molar-refractivity contribution in [1.82, 2.24) is 4.90 Å². The first-order valence-corrected chi connectivity index (χ1v) is 12.4. The Morgan fingerprint density at radius 3 is 2.44 bits per heavy atom. The number of benzene rings is 2. The minimum atomic E-state index is -0.275. The SMILES string of the molecule is CC1(C)C2=C(C(=O)c3ccc(N4CCN(C(=O)C5CCC5)CC4)cc31)c1ccc(C#N)cc1C2. The molecule has 2 aromatic rings. The van der Waals surface area contributed by atoms with Gasteiger partial charge in [-0.2, -0.15) is 5.26 Å². The molecule has 0 bridgehead atoms. The van der Waals surface area contributed by atoms with E-state index in [1.165, 1.54) is 6.42 Å². The van der Waals surface area contributed by atoms with Crippen molar-refractivity contribution in [3.05, 3.63) is 69.8 Å². The Labute approximate surface area is 200 Å². The van der Waals surface area contributed by atoms with E-state index in [1.54, 1.807) is 0 Å². The van der Waals surface area contributed by atoms with Gasteiger partial charge in [-0.1, -0.05) is 26.3 Å². The number of nitriles is 1. The van der Waals surface area contributed by atoms with Crippen molar-refractivity contribution in [2.24, 2.45) is 5.92 Å². The topological polar surface area (TPSA) is 64.4 Å². The number of piperazine rings is 1. The minimum Gasteiger partial charge on any atom is -0.368 e. The van der Waals surface area contributed by atoms with Crippen LogP contribution in [0.4, 0.5) is 5.69 Å². The van der Waals surface area contributed by atoms with Gasteiger partial charge in [0.25, 0.3) is 0 Å². The lowest BCUT2D eigenvalue weighted by atomic mass is 9.68. The molecule has 0 unspecified atom stereocenters. The zero-order chi connectivity index (χ0) is 23.6. The molecular weight excluding hydrogens is 422 g/mol. The number of allylic oxidation sites excluding steroid dienone is 2. The van der Waals surface area contributed by atoms with Gasteiger partial charge in [0, 0.05) is 54.3 Å². The molecule has 1 saturated heterocycles. The van der Waals surface area contributed by atoms with E-state index in [0.29, 0.717) is 17.9 Å². The molecule has 6 rings (SSSR count). The molecule has 0 radical (unpaired) electrons. The van der Waals surface area contributed by atoms with Gasteiger partial charge in [0.1, 0.15) is 0 Å². The summed E-state index contributed by atoms with van der Waals surface area (Å²) in [5.41, 5.74) is 7.39. The van der Waals surface area contributed by atoms with Crippen LogP contribution >= 0.6 is 0 Å². The largest absolute Gasteiger partial charge is 0.368 e. The predicted molar refractivity (Wildman–Crippen MR) is 132 cm³/mol. The van der Waals surface area contributed by atoms with E-state index >= 15 is 0 Å². The quantitative estimate of drug-likeness (QED) is 0.675. The summed E-state index contributed by atoms with van der Waals surface area (Å²) < 4.78 is 0. The lowest BCUT2D eigenvalue weighted by Crippen LogP contribution is -2.51. The molecule has 0 atom stereocenters. The number of fused-ring (bicyclic) bond motifs is 3. The van der Waals surface area contributed by atoms with Crippen LogP contribution in [-0.4, -0.2) is 42.8 Å². The number of rotatable bonds is 2. The molecule has 2 fully saturated rings. The number of amides is 1. The predicted octanol–water partition coefficient (Wildman–Crippen LogP) is 4.49. The van der Waals surface area contributed by atoms with Gasteiger partial charge in [-0.15, -0.1) is 0 Å². The highest BCUT2D eigenvalue weighted by Gasteiger charge is 2.43. The van der Waals surface area contributed by atoms with Gasteiger partial charge < -0.3 is 9.80 Å². The molecule has 0 N–H and O–H groups in total. The number of Topliss-reactive ketones (excluding diaryl/α,β-unsaturated/α-hetero) is 1. The number of carbonyl (C=O) groups excluding carboxylic acids is 2. The van der Waals surface area contributed by atoms with Gasteiger partial charge >= 0.3 is 0 Å². The second-order valence-corrected chi connectivity index (χ2v) is 10.6. The summed E-state index contributed by atoms with van der Waals surface area (Å²) in [7, 11) is 0. The number of hydrogen-bond donors (Lipinski definition) is 0. The van der Waals surface area contributed by atoms with Crippen LogP contribution in [0.25, 0.3) is 5.57 Å². The lowest BCUT2D eigenvalue weighted by Gasteiger charge is -2.40. The highest BCUT2D eigenvalue weighted by Crippen LogP contribution is 2.50. The van der Waals surface area contributed by atoms with Crippen LogP contribution < -0.4 is 4.90 Å². The summed E-state index contributed by atoms with van der Waals surface area (Å²) in [5, 5.41) is 9.31. The van der Waals surface area contributed by atoms with Crippen molar-refractivity contribution in [2.45, 2.75) is 44.9 Å². The summed E-state index contributed by atoms with van der Waals surface area (Å²) in [6.07, 6.45) is 3.99. The zero-order valence-electron chi connectivity index (χ0n) is 19.9. The Hall–Kier alpha value is -3.39. The van der Waals surface area contributed by atoms with E-state index in [2.05, 4.69) is 36.9 Å². The van der Waals surface area contributed by atoms with Crippen LogP contribution in [0.2, 0.25) is 0 Å².